The zero-order valence-electron chi connectivity index (χ0n) is 14.2. The van der Waals surface area contributed by atoms with Crippen LogP contribution in [0, 0.1) is 5.41 Å². The lowest BCUT2D eigenvalue weighted by Crippen LogP contribution is -2.41. The highest BCUT2D eigenvalue weighted by Crippen LogP contribution is 2.50. The first-order valence-corrected chi connectivity index (χ1v) is 9.01. The molecule has 24 heavy (non-hydrogen) atoms. The topological polar surface area (TPSA) is 32.8 Å². The molecule has 128 valence electrons. The molecule has 0 saturated carbocycles. The van der Waals surface area contributed by atoms with Gasteiger partial charge in [0.15, 0.2) is 0 Å². The molecule has 1 spiro atoms. The molecule has 3 heterocycles. The summed E-state index contributed by atoms with van der Waals surface area (Å²) in [4.78, 5) is 17.8. The summed E-state index contributed by atoms with van der Waals surface area (Å²) in [5.41, 5.74) is 1.03. The van der Waals surface area contributed by atoms with Gasteiger partial charge in [0.05, 0.1) is 12.0 Å². The van der Waals surface area contributed by atoms with E-state index in [2.05, 4.69) is 35.7 Å². The van der Waals surface area contributed by atoms with Crippen LogP contribution in [0.25, 0.3) is 0 Å². The van der Waals surface area contributed by atoms with Crippen molar-refractivity contribution in [2.45, 2.75) is 24.8 Å². The molecule has 1 amide bonds. The Morgan fingerprint density at radius 1 is 1.33 bits per heavy atom. The Balaban J connectivity index is 1.66. The van der Waals surface area contributed by atoms with Crippen molar-refractivity contribution in [3.8, 4) is 0 Å². The maximum Gasteiger partial charge on any atom is 0.231 e. The summed E-state index contributed by atoms with van der Waals surface area (Å²) in [7, 11) is 0. The van der Waals surface area contributed by atoms with Gasteiger partial charge in [0.1, 0.15) is 0 Å². The third kappa shape index (κ3) is 2.49. The molecule has 3 aliphatic rings. The van der Waals surface area contributed by atoms with Gasteiger partial charge in [-0.1, -0.05) is 36.4 Å². The predicted octanol–water partition coefficient (Wildman–Crippen LogP) is 2.28. The first kappa shape index (κ1) is 15.9. The maximum atomic E-state index is 13.3. The number of carbonyl (C=O) groups excluding carboxylic acids is 1. The fourth-order valence-corrected chi connectivity index (χ4v) is 4.80. The average molecular weight is 326 g/mol. The second-order valence-electron chi connectivity index (χ2n) is 7.36. The van der Waals surface area contributed by atoms with Crippen LogP contribution in [0.5, 0.6) is 0 Å². The zero-order valence-corrected chi connectivity index (χ0v) is 14.2. The second-order valence-corrected chi connectivity index (χ2v) is 7.36. The number of carbonyl (C=O) groups is 1. The highest BCUT2D eigenvalue weighted by Gasteiger charge is 2.57. The lowest BCUT2D eigenvalue weighted by molar-refractivity contribution is -0.135. The van der Waals surface area contributed by atoms with Gasteiger partial charge in [-0.25, -0.2) is 0 Å². The molecule has 4 nitrogen and oxygen atoms in total. The minimum atomic E-state index is -0.271. The predicted molar refractivity (Wildman–Crippen MR) is 93.8 cm³/mol. The van der Waals surface area contributed by atoms with Crippen LogP contribution in [-0.4, -0.2) is 61.1 Å². The Labute approximate surface area is 144 Å². The smallest absolute Gasteiger partial charge is 0.231 e. The Hall–Kier alpha value is -1.65. The molecule has 0 bridgehead atoms. The van der Waals surface area contributed by atoms with Crippen LogP contribution in [0.1, 0.15) is 24.3 Å². The van der Waals surface area contributed by atoms with Crippen molar-refractivity contribution in [1.29, 1.82) is 0 Å². The summed E-state index contributed by atoms with van der Waals surface area (Å²) >= 11 is 0. The standard InChI is InChI=1S/C20H26N2O2/c1-2-10-21-11-9-20(19(21)23)15-22(17-8-12-24-14-17)13-18(20)16-6-4-3-5-7-16/h2-7,17-18H,1,8-15H2/t17?,18-,20-/m0/s1. The molecule has 4 heteroatoms. The molecule has 0 aromatic heterocycles. The third-order valence-electron chi connectivity index (χ3n) is 6.08. The monoisotopic (exact) mass is 326 g/mol. The number of hydrogen-bond acceptors (Lipinski definition) is 3. The van der Waals surface area contributed by atoms with Crippen LogP contribution >= 0.6 is 0 Å². The van der Waals surface area contributed by atoms with Gasteiger partial charge < -0.3 is 9.64 Å². The van der Waals surface area contributed by atoms with E-state index < -0.39 is 0 Å². The number of nitrogens with zero attached hydrogens (tertiary/aromatic N) is 2. The molecule has 3 saturated heterocycles. The number of hydrogen-bond donors (Lipinski definition) is 0. The van der Waals surface area contributed by atoms with E-state index in [4.69, 9.17) is 4.74 Å². The molecular weight excluding hydrogens is 300 g/mol. The van der Waals surface area contributed by atoms with Crippen molar-refractivity contribution >= 4 is 5.91 Å². The van der Waals surface area contributed by atoms with Crippen molar-refractivity contribution in [3.63, 3.8) is 0 Å². The average Bonchev–Trinajstić information content (AvgIpc) is 3.32. The molecular formula is C20H26N2O2. The molecule has 0 N–H and O–H groups in total. The Morgan fingerprint density at radius 3 is 2.88 bits per heavy atom. The van der Waals surface area contributed by atoms with Gasteiger partial charge in [-0.15, -0.1) is 6.58 Å². The van der Waals surface area contributed by atoms with E-state index in [1.807, 2.05) is 17.0 Å². The van der Waals surface area contributed by atoms with Crippen molar-refractivity contribution < 1.29 is 9.53 Å². The summed E-state index contributed by atoms with van der Waals surface area (Å²) in [5.74, 6) is 0.597. The van der Waals surface area contributed by atoms with Gasteiger partial charge in [0.25, 0.3) is 0 Å². The molecule has 3 atom stereocenters. The van der Waals surface area contributed by atoms with E-state index in [-0.39, 0.29) is 11.3 Å². The molecule has 3 aliphatic heterocycles. The molecule has 4 rings (SSSR count). The molecule has 3 fully saturated rings. The van der Waals surface area contributed by atoms with E-state index in [9.17, 15) is 4.79 Å². The molecule has 0 radical (unpaired) electrons. The fourth-order valence-electron chi connectivity index (χ4n) is 4.80. The maximum absolute atomic E-state index is 13.3. The van der Waals surface area contributed by atoms with Crippen LogP contribution < -0.4 is 0 Å². The first-order valence-electron chi connectivity index (χ1n) is 9.01. The van der Waals surface area contributed by atoms with Gasteiger partial charge in [0, 0.05) is 44.7 Å². The highest BCUT2D eigenvalue weighted by molar-refractivity contribution is 5.87. The Morgan fingerprint density at radius 2 is 2.17 bits per heavy atom. The van der Waals surface area contributed by atoms with Crippen LogP contribution in [0.4, 0.5) is 0 Å². The summed E-state index contributed by atoms with van der Waals surface area (Å²) < 4.78 is 5.60. The van der Waals surface area contributed by atoms with Crippen molar-refractivity contribution in [2.24, 2.45) is 5.41 Å². The van der Waals surface area contributed by atoms with Crippen LogP contribution in [0.3, 0.4) is 0 Å². The SMILES string of the molecule is C=CCN1CC[C@@]2(CN(C3CCOC3)C[C@H]2c2ccccc2)C1=O. The van der Waals surface area contributed by atoms with E-state index >= 15 is 0 Å². The summed E-state index contributed by atoms with van der Waals surface area (Å²) in [6.07, 6.45) is 3.87. The second kappa shape index (κ2) is 6.34. The highest BCUT2D eigenvalue weighted by atomic mass is 16.5. The van der Waals surface area contributed by atoms with Crippen molar-refractivity contribution in [1.82, 2.24) is 9.80 Å². The normalized spacial score (nSPS) is 33.7. The van der Waals surface area contributed by atoms with Crippen molar-refractivity contribution in [2.75, 3.05) is 39.4 Å². The number of likely N-dealkylation sites (tertiary alicyclic amines) is 2. The van der Waals surface area contributed by atoms with Crippen LogP contribution in [0.2, 0.25) is 0 Å². The zero-order chi connectivity index (χ0) is 16.6. The lowest BCUT2D eigenvalue weighted by atomic mass is 9.73. The molecule has 1 unspecified atom stereocenters. The summed E-state index contributed by atoms with van der Waals surface area (Å²) in [5, 5.41) is 0. The minimum Gasteiger partial charge on any atom is -0.380 e. The van der Waals surface area contributed by atoms with Gasteiger partial charge in [-0.3, -0.25) is 9.69 Å². The number of rotatable bonds is 4. The number of ether oxygens (including phenoxy) is 1. The van der Waals surface area contributed by atoms with Gasteiger partial charge >= 0.3 is 0 Å². The van der Waals surface area contributed by atoms with Gasteiger partial charge in [-0.05, 0) is 18.4 Å². The van der Waals surface area contributed by atoms with Gasteiger partial charge in [-0.2, -0.15) is 0 Å². The molecule has 1 aromatic carbocycles. The van der Waals surface area contributed by atoms with E-state index in [0.717, 1.165) is 45.7 Å². The van der Waals surface area contributed by atoms with E-state index in [1.54, 1.807) is 0 Å². The largest absolute Gasteiger partial charge is 0.380 e. The Kier molecular flexibility index (Phi) is 4.19. The quantitative estimate of drug-likeness (QED) is 0.796. The minimum absolute atomic E-state index is 0.271. The summed E-state index contributed by atoms with van der Waals surface area (Å²) in [6.45, 7) is 8.81. The van der Waals surface area contributed by atoms with Crippen LogP contribution in [-0.2, 0) is 9.53 Å². The fraction of sp³-hybridized carbons (Fsp3) is 0.550. The molecule has 0 aliphatic carbocycles. The summed E-state index contributed by atoms with van der Waals surface area (Å²) in [6, 6.07) is 11.1. The van der Waals surface area contributed by atoms with E-state index in [1.165, 1.54) is 5.56 Å². The molecule has 1 aromatic rings. The third-order valence-corrected chi connectivity index (χ3v) is 6.08. The van der Waals surface area contributed by atoms with Crippen molar-refractivity contribution in [3.05, 3.63) is 48.6 Å². The van der Waals surface area contributed by atoms with Crippen LogP contribution in [0.15, 0.2) is 43.0 Å². The number of amides is 1. The van der Waals surface area contributed by atoms with Gasteiger partial charge in [0.2, 0.25) is 5.91 Å². The first-order chi connectivity index (χ1) is 11.7. The Bertz CT molecular complexity index is 611. The number of benzene rings is 1. The lowest BCUT2D eigenvalue weighted by Gasteiger charge is -2.29. The van der Waals surface area contributed by atoms with E-state index in [0.29, 0.717) is 18.5 Å².